The minimum absolute atomic E-state index is 0.748. The molecular formula is C19H21N5O. The average molecular weight is 335 g/mol. The van der Waals surface area contributed by atoms with Gasteiger partial charge in [-0.3, -0.25) is 4.98 Å². The van der Waals surface area contributed by atoms with Gasteiger partial charge in [-0.1, -0.05) is 0 Å². The summed E-state index contributed by atoms with van der Waals surface area (Å²) in [7, 11) is 0. The monoisotopic (exact) mass is 335 g/mol. The summed E-state index contributed by atoms with van der Waals surface area (Å²) in [5.74, 6) is 0.748. The Morgan fingerprint density at radius 3 is 2.60 bits per heavy atom. The summed E-state index contributed by atoms with van der Waals surface area (Å²) in [4.78, 5) is 9.11. The Hall–Kier alpha value is -2.47. The maximum Gasteiger partial charge on any atom is 0.158 e. The highest BCUT2D eigenvalue weighted by molar-refractivity contribution is 5.93. The van der Waals surface area contributed by atoms with Gasteiger partial charge >= 0.3 is 0 Å². The Bertz CT molecular complexity index is 866. The zero-order valence-electron chi connectivity index (χ0n) is 14.1. The van der Waals surface area contributed by atoms with E-state index in [1.165, 1.54) is 32.5 Å². The van der Waals surface area contributed by atoms with Crippen LogP contribution in [0.3, 0.4) is 0 Å². The standard InChI is InChI=1S/C19H21N5O/c1-2-8-23(7-1)11-14-12-24(13-14)18-10-16(15-3-5-20-6-4-15)9-17-19(18)22-25-21-17/h3-6,9-10,14H,1-2,7-8,11-13H2. The Kier molecular flexibility index (Phi) is 3.63. The van der Waals surface area contributed by atoms with Crippen LogP contribution in [0.25, 0.3) is 22.2 Å². The molecule has 1 aromatic carbocycles. The quantitative estimate of drug-likeness (QED) is 0.731. The fourth-order valence-electron chi connectivity index (χ4n) is 4.04. The highest BCUT2D eigenvalue weighted by atomic mass is 16.6. The van der Waals surface area contributed by atoms with Crippen LogP contribution in [0, 0.1) is 5.92 Å². The Morgan fingerprint density at radius 2 is 1.80 bits per heavy atom. The van der Waals surface area contributed by atoms with Crippen molar-refractivity contribution in [3.05, 3.63) is 36.7 Å². The van der Waals surface area contributed by atoms with Gasteiger partial charge in [0.2, 0.25) is 0 Å². The summed E-state index contributed by atoms with van der Waals surface area (Å²) in [6.45, 7) is 5.92. The third kappa shape index (κ3) is 2.76. The largest absolute Gasteiger partial charge is 0.369 e. The lowest BCUT2D eigenvalue weighted by molar-refractivity contribution is 0.247. The predicted molar refractivity (Wildman–Crippen MR) is 96.4 cm³/mol. The van der Waals surface area contributed by atoms with E-state index in [1.807, 2.05) is 30.6 Å². The van der Waals surface area contributed by atoms with Gasteiger partial charge in [-0.15, -0.1) is 0 Å². The molecule has 2 aromatic heterocycles. The third-order valence-electron chi connectivity index (χ3n) is 5.37. The van der Waals surface area contributed by atoms with Crippen LogP contribution in [-0.2, 0) is 0 Å². The molecular weight excluding hydrogens is 314 g/mol. The van der Waals surface area contributed by atoms with Crippen LogP contribution < -0.4 is 4.90 Å². The second kappa shape index (κ2) is 6.11. The molecule has 25 heavy (non-hydrogen) atoms. The molecule has 2 aliphatic heterocycles. The average Bonchev–Trinajstić information content (AvgIpc) is 3.29. The molecule has 0 bridgehead atoms. The summed E-state index contributed by atoms with van der Waals surface area (Å²) >= 11 is 0. The first-order chi connectivity index (χ1) is 12.4. The summed E-state index contributed by atoms with van der Waals surface area (Å²) in [6.07, 6.45) is 6.34. The topological polar surface area (TPSA) is 58.3 Å². The third-order valence-corrected chi connectivity index (χ3v) is 5.37. The fourth-order valence-corrected chi connectivity index (χ4v) is 4.04. The first kappa shape index (κ1) is 14.8. The van der Waals surface area contributed by atoms with Crippen LogP contribution in [0.2, 0.25) is 0 Å². The molecule has 6 heteroatoms. The molecule has 5 rings (SSSR count). The fraction of sp³-hybridized carbons (Fsp3) is 0.421. The molecule has 0 atom stereocenters. The normalized spacial score (nSPS) is 18.8. The maximum absolute atomic E-state index is 5.00. The number of likely N-dealkylation sites (tertiary alicyclic amines) is 1. The summed E-state index contributed by atoms with van der Waals surface area (Å²) in [5.41, 5.74) is 5.06. The Balaban J connectivity index is 1.40. The van der Waals surface area contributed by atoms with Crippen LogP contribution in [0.1, 0.15) is 12.8 Å². The van der Waals surface area contributed by atoms with E-state index < -0.39 is 0 Å². The van der Waals surface area contributed by atoms with Crippen LogP contribution in [0.15, 0.2) is 41.3 Å². The van der Waals surface area contributed by atoms with E-state index in [9.17, 15) is 0 Å². The predicted octanol–water partition coefficient (Wildman–Crippen LogP) is 2.82. The van der Waals surface area contributed by atoms with Crippen molar-refractivity contribution in [3.63, 3.8) is 0 Å². The zero-order valence-corrected chi connectivity index (χ0v) is 14.1. The van der Waals surface area contributed by atoms with Gasteiger partial charge in [-0.25, -0.2) is 4.63 Å². The number of nitrogens with zero attached hydrogens (tertiary/aromatic N) is 5. The molecule has 2 fully saturated rings. The molecule has 0 radical (unpaired) electrons. The van der Waals surface area contributed by atoms with Crippen molar-refractivity contribution in [1.82, 2.24) is 20.2 Å². The molecule has 6 nitrogen and oxygen atoms in total. The van der Waals surface area contributed by atoms with Crippen molar-refractivity contribution in [2.45, 2.75) is 12.8 Å². The van der Waals surface area contributed by atoms with Gasteiger partial charge in [0.05, 0.1) is 5.69 Å². The second-order valence-corrected chi connectivity index (χ2v) is 7.14. The van der Waals surface area contributed by atoms with Gasteiger partial charge in [-0.2, -0.15) is 0 Å². The number of anilines is 1. The van der Waals surface area contributed by atoms with Gasteiger partial charge in [0.15, 0.2) is 5.52 Å². The molecule has 4 heterocycles. The number of rotatable bonds is 4. The number of fused-ring (bicyclic) bond motifs is 1. The number of pyridine rings is 1. The molecule has 0 saturated carbocycles. The van der Waals surface area contributed by atoms with Crippen molar-refractivity contribution in [2.24, 2.45) is 5.92 Å². The Labute approximate surface area is 146 Å². The van der Waals surface area contributed by atoms with Gasteiger partial charge in [0, 0.05) is 37.9 Å². The van der Waals surface area contributed by atoms with E-state index in [-0.39, 0.29) is 0 Å². The summed E-state index contributed by atoms with van der Waals surface area (Å²) < 4.78 is 5.00. The highest BCUT2D eigenvalue weighted by Crippen LogP contribution is 2.35. The molecule has 0 spiro atoms. The molecule has 0 unspecified atom stereocenters. The summed E-state index contributed by atoms with van der Waals surface area (Å²) in [5, 5.41) is 8.21. The molecule has 2 aliphatic rings. The lowest BCUT2D eigenvalue weighted by atomic mass is 9.96. The number of aromatic nitrogens is 3. The van der Waals surface area contributed by atoms with Gasteiger partial charge in [-0.05, 0) is 71.6 Å². The van der Waals surface area contributed by atoms with Crippen molar-refractivity contribution in [1.29, 1.82) is 0 Å². The number of hydrogen-bond acceptors (Lipinski definition) is 6. The highest BCUT2D eigenvalue weighted by Gasteiger charge is 2.31. The van der Waals surface area contributed by atoms with E-state index in [0.29, 0.717) is 0 Å². The maximum atomic E-state index is 5.00. The molecule has 3 aromatic rings. The van der Waals surface area contributed by atoms with Crippen molar-refractivity contribution >= 4 is 16.7 Å². The van der Waals surface area contributed by atoms with Crippen molar-refractivity contribution in [2.75, 3.05) is 37.6 Å². The molecule has 0 aliphatic carbocycles. The van der Waals surface area contributed by atoms with E-state index >= 15 is 0 Å². The van der Waals surface area contributed by atoms with Gasteiger partial charge < -0.3 is 9.80 Å². The van der Waals surface area contributed by atoms with Gasteiger partial charge in [0.1, 0.15) is 5.52 Å². The Morgan fingerprint density at radius 1 is 1.00 bits per heavy atom. The van der Waals surface area contributed by atoms with Gasteiger partial charge in [0.25, 0.3) is 0 Å². The summed E-state index contributed by atoms with van der Waals surface area (Å²) in [6, 6.07) is 8.27. The van der Waals surface area contributed by atoms with Crippen molar-refractivity contribution in [3.8, 4) is 11.1 Å². The van der Waals surface area contributed by atoms with E-state index in [1.54, 1.807) is 0 Å². The molecule has 128 valence electrons. The minimum Gasteiger partial charge on any atom is -0.369 e. The first-order valence-electron chi connectivity index (χ1n) is 9.01. The van der Waals surface area contributed by atoms with Crippen LogP contribution in [0.5, 0.6) is 0 Å². The van der Waals surface area contributed by atoms with Crippen LogP contribution in [0.4, 0.5) is 5.69 Å². The van der Waals surface area contributed by atoms with Crippen molar-refractivity contribution < 1.29 is 4.63 Å². The lowest BCUT2D eigenvalue weighted by Gasteiger charge is -2.42. The van der Waals surface area contributed by atoms with Crippen LogP contribution in [-0.4, -0.2) is 52.9 Å². The van der Waals surface area contributed by atoms with E-state index in [0.717, 1.165) is 46.9 Å². The number of benzene rings is 1. The molecule has 0 N–H and O–H groups in total. The smallest absolute Gasteiger partial charge is 0.158 e. The zero-order chi connectivity index (χ0) is 16.6. The number of hydrogen-bond donors (Lipinski definition) is 0. The van der Waals surface area contributed by atoms with E-state index in [4.69, 9.17) is 4.63 Å². The second-order valence-electron chi connectivity index (χ2n) is 7.14. The SMILES string of the molecule is c1cc(-c2cc(N3CC(CN4CCCC4)C3)c3nonc3c2)ccn1. The molecule has 0 amide bonds. The first-order valence-corrected chi connectivity index (χ1v) is 9.01. The molecule has 2 saturated heterocycles. The lowest BCUT2D eigenvalue weighted by Crippen LogP contribution is -2.51. The van der Waals surface area contributed by atoms with E-state index in [2.05, 4.69) is 31.2 Å². The van der Waals surface area contributed by atoms with Crippen LogP contribution >= 0.6 is 0 Å². The minimum atomic E-state index is 0.748.